The number of pyridine rings is 2. The van der Waals surface area contributed by atoms with Gasteiger partial charge in [-0.2, -0.15) is 4.39 Å². The first-order valence-corrected chi connectivity index (χ1v) is 13.2. The number of carbonyl (C=O) groups excluding carboxylic acids is 2. The Balaban J connectivity index is 1.60. The van der Waals surface area contributed by atoms with E-state index in [0.29, 0.717) is 28.9 Å². The number of aromatic nitrogens is 2. The molecule has 39 heavy (non-hydrogen) atoms. The third-order valence-corrected chi connectivity index (χ3v) is 7.09. The first-order chi connectivity index (χ1) is 18.6. The van der Waals surface area contributed by atoms with Crippen molar-refractivity contribution in [2.24, 2.45) is 0 Å². The maximum atomic E-state index is 14.8. The molecule has 0 aliphatic carbocycles. The van der Waals surface area contributed by atoms with Gasteiger partial charge in [0.05, 0.1) is 24.7 Å². The van der Waals surface area contributed by atoms with Crippen LogP contribution in [0.4, 0.5) is 8.78 Å². The smallest absolute Gasteiger partial charge is 0.254 e. The summed E-state index contributed by atoms with van der Waals surface area (Å²) in [4.78, 5) is 44.9. The topological polar surface area (TPSA) is 84.3 Å². The van der Waals surface area contributed by atoms with E-state index in [2.05, 4.69) is 10.3 Å². The highest BCUT2D eigenvalue weighted by atomic mass is 19.1. The van der Waals surface area contributed by atoms with E-state index in [0.717, 1.165) is 5.56 Å². The summed E-state index contributed by atoms with van der Waals surface area (Å²) in [5.74, 6) is -1.74. The lowest BCUT2D eigenvalue weighted by molar-refractivity contribution is -0.138. The van der Waals surface area contributed by atoms with Gasteiger partial charge in [-0.05, 0) is 43.0 Å². The molecule has 3 atom stereocenters. The van der Waals surface area contributed by atoms with Crippen molar-refractivity contribution in [3.8, 4) is 0 Å². The zero-order valence-corrected chi connectivity index (χ0v) is 22.7. The summed E-state index contributed by atoms with van der Waals surface area (Å²) in [6, 6.07) is 12.1. The summed E-state index contributed by atoms with van der Waals surface area (Å²) in [5.41, 5.74) is 2.27. The summed E-state index contributed by atoms with van der Waals surface area (Å²) >= 11 is 0. The molecule has 0 unspecified atom stereocenters. The SMILES string of the molecule is CCn1cc(C)cc(CC(=O)N2C[C@H](F)C[C@H]2C(=O)N[C@@H](c2ccccc2)c2ccc(C(C)C)c(F)n2)c1=O. The molecule has 206 valence electrons. The molecule has 0 spiro atoms. The molecule has 0 saturated carbocycles. The number of hydrogen-bond acceptors (Lipinski definition) is 4. The fourth-order valence-electron chi connectivity index (χ4n) is 5.06. The molecule has 1 aliphatic rings. The first-order valence-electron chi connectivity index (χ1n) is 13.2. The number of nitrogens with one attached hydrogen (secondary N) is 1. The number of likely N-dealkylation sites (tertiary alicyclic amines) is 1. The van der Waals surface area contributed by atoms with E-state index in [1.165, 1.54) is 9.47 Å². The second-order valence-corrected chi connectivity index (χ2v) is 10.3. The van der Waals surface area contributed by atoms with Gasteiger partial charge in [0.25, 0.3) is 5.56 Å². The number of halogens is 2. The number of rotatable bonds is 8. The number of hydrogen-bond donors (Lipinski definition) is 1. The Morgan fingerprint density at radius 1 is 1.15 bits per heavy atom. The Kier molecular flexibility index (Phi) is 8.57. The molecule has 4 rings (SSSR count). The summed E-state index contributed by atoms with van der Waals surface area (Å²) in [6.07, 6.45) is -0.0672. The summed E-state index contributed by atoms with van der Waals surface area (Å²) in [5, 5.41) is 2.88. The zero-order valence-electron chi connectivity index (χ0n) is 22.7. The van der Waals surface area contributed by atoms with Crippen LogP contribution in [0.1, 0.15) is 67.1 Å². The second-order valence-electron chi connectivity index (χ2n) is 10.3. The van der Waals surface area contributed by atoms with E-state index in [1.54, 1.807) is 48.7 Å². The number of alkyl halides is 1. The molecule has 9 heteroatoms. The summed E-state index contributed by atoms with van der Waals surface area (Å²) in [6.45, 7) is 7.61. The van der Waals surface area contributed by atoms with Crippen molar-refractivity contribution in [3.63, 3.8) is 0 Å². The van der Waals surface area contributed by atoms with Crippen LogP contribution in [0.25, 0.3) is 0 Å². The van der Waals surface area contributed by atoms with Gasteiger partial charge in [0.2, 0.25) is 17.8 Å². The molecule has 0 radical (unpaired) electrons. The number of benzene rings is 1. The second kappa shape index (κ2) is 11.9. The highest BCUT2D eigenvalue weighted by Crippen LogP contribution is 2.27. The van der Waals surface area contributed by atoms with Gasteiger partial charge in [0, 0.05) is 30.3 Å². The van der Waals surface area contributed by atoms with Crippen LogP contribution in [0.3, 0.4) is 0 Å². The summed E-state index contributed by atoms with van der Waals surface area (Å²) < 4.78 is 30.9. The average molecular weight is 537 g/mol. The molecule has 3 aromatic rings. The Labute approximate surface area is 226 Å². The fourth-order valence-corrected chi connectivity index (χ4v) is 5.06. The van der Waals surface area contributed by atoms with Gasteiger partial charge in [0.15, 0.2) is 0 Å². The molecule has 1 fully saturated rings. The maximum Gasteiger partial charge on any atom is 0.254 e. The molecular formula is C30H34F2N4O3. The predicted octanol–water partition coefficient (Wildman–Crippen LogP) is 4.22. The highest BCUT2D eigenvalue weighted by molar-refractivity contribution is 5.89. The van der Waals surface area contributed by atoms with Crippen LogP contribution < -0.4 is 10.9 Å². The van der Waals surface area contributed by atoms with E-state index in [4.69, 9.17) is 0 Å². The van der Waals surface area contributed by atoms with Gasteiger partial charge in [-0.3, -0.25) is 14.4 Å². The standard InChI is InChI=1S/C30H34F2N4O3/c1-5-35-16-19(4)13-21(30(35)39)14-26(37)36-17-22(31)15-25(36)29(38)34-27(20-9-7-6-8-10-20)24-12-11-23(18(2)3)28(32)33-24/h6-13,16,18,22,25,27H,5,14-15,17H2,1-4H3,(H,34,38)/t22-,25+,27+/m1/s1. The van der Waals surface area contributed by atoms with Crippen molar-refractivity contribution < 1.29 is 18.4 Å². The minimum absolute atomic E-state index is 0.0642. The Bertz CT molecular complexity index is 1410. The highest BCUT2D eigenvalue weighted by Gasteiger charge is 2.40. The van der Waals surface area contributed by atoms with Gasteiger partial charge < -0.3 is 14.8 Å². The quantitative estimate of drug-likeness (QED) is 0.437. The number of carbonyl (C=O) groups is 2. The Morgan fingerprint density at radius 3 is 2.51 bits per heavy atom. The normalized spacial score (nSPS) is 17.9. The van der Waals surface area contributed by atoms with Crippen molar-refractivity contribution >= 4 is 11.8 Å². The Morgan fingerprint density at radius 2 is 1.87 bits per heavy atom. The van der Waals surface area contributed by atoms with E-state index >= 15 is 0 Å². The van der Waals surface area contributed by atoms with Crippen molar-refractivity contribution in [3.05, 3.63) is 99.0 Å². The van der Waals surface area contributed by atoms with Crippen LogP contribution in [-0.4, -0.2) is 45.0 Å². The molecule has 7 nitrogen and oxygen atoms in total. The lowest BCUT2D eigenvalue weighted by Crippen LogP contribution is -2.48. The Hall–Kier alpha value is -3.88. The molecule has 2 aromatic heterocycles. The predicted molar refractivity (Wildman–Crippen MR) is 145 cm³/mol. The van der Waals surface area contributed by atoms with E-state index in [1.807, 2.05) is 33.8 Å². The van der Waals surface area contributed by atoms with Crippen LogP contribution >= 0.6 is 0 Å². The van der Waals surface area contributed by atoms with Gasteiger partial charge in [-0.1, -0.05) is 50.2 Å². The van der Waals surface area contributed by atoms with Gasteiger partial charge >= 0.3 is 0 Å². The third-order valence-electron chi connectivity index (χ3n) is 7.09. The number of aryl methyl sites for hydroxylation is 2. The van der Waals surface area contributed by atoms with Crippen molar-refractivity contribution in [1.82, 2.24) is 19.8 Å². The molecule has 3 heterocycles. The number of nitrogens with zero attached hydrogens (tertiary/aromatic N) is 3. The van der Waals surface area contributed by atoms with Crippen molar-refractivity contribution in [2.75, 3.05) is 6.54 Å². The van der Waals surface area contributed by atoms with Crippen LogP contribution in [0.2, 0.25) is 0 Å². The lowest BCUT2D eigenvalue weighted by Gasteiger charge is -2.27. The van der Waals surface area contributed by atoms with Crippen molar-refractivity contribution in [1.29, 1.82) is 0 Å². The monoisotopic (exact) mass is 536 g/mol. The van der Waals surface area contributed by atoms with E-state index < -0.39 is 36.0 Å². The fraction of sp³-hybridized carbons (Fsp3) is 0.400. The van der Waals surface area contributed by atoms with Gasteiger partial charge in [-0.15, -0.1) is 0 Å². The maximum absolute atomic E-state index is 14.8. The van der Waals surface area contributed by atoms with Crippen molar-refractivity contribution in [2.45, 2.75) is 71.3 Å². The molecule has 1 aromatic carbocycles. The minimum Gasteiger partial charge on any atom is -0.342 e. The van der Waals surface area contributed by atoms with E-state index in [9.17, 15) is 23.2 Å². The molecule has 1 aliphatic heterocycles. The van der Waals surface area contributed by atoms with Crippen LogP contribution in [-0.2, 0) is 22.6 Å². The minimum atomic E-state index is -1.38. The zero-order chi connectivity index (χ0) is 28.3. The van der Waals surface area contributed by atoms with Gasteiger partial charge in [0.1, 0.15) is 12.2 Å². The molecule has 2 amide bonds. The van der Waals surface area contributed by atoms with Gasteiger partial charge in [-0.25, -0.2) is 9.37 Å². The molecule has 1 N–H and O–H groups in total. The van der Waals surface area contributed by atoms with Crippen LogP contribution in [0.5, 0.6) is 0 Å². The first kappa shape index (κ1) is 28.1. The lowest BCUT2D eigenvalue weighted by atomic mass is 9.99. The molecule has 0 bridgehead atoms. The molecule has 1 saturated heterocycles. The third kappa shape index (κ3) is 6.24. The largest absolute Gasteiger partial charge is 0.342 e. The van der Waals surface area contributed by atoms with Crippen LogP contribution in [0, 0.1) is 12.9 Å². The number of amides is 2. The summed E-state index contributed by atoms with van der Waals surface area (Å²) in [7, 11) is 0. The molecular weight excluding hydrogens is 502 g/mol. The average Bonchev–Trinajstić information content (AvgIpc) is 3.31. The van der Waals surface area contributed by atoms with Crippen LogP contribution in [0.15, 0.2) is 59.5 Å². The van der Waals surface area contributed by atoms with E-state index in [-0.39, 0.29) is 30.9 Å².